The van der Waals surface area contributed by atoms with Crippen molar-refractivity contribution in [1.82, 2.24) is 9.88 Å². The molecule has 3 aromatic rings. The van der Waals surface area contributed by atoms with E-state index in [1.165, 1.54) is 5.56 Å². The molecule has 1 heterocycles. The lowest BCUT2D eigenvalue weighted by Gasteiger charge is -2.06. The summed E-state index contributed by atoms with van der Waals surface area (Å²) >= 11 is 13.1. The summed E-state index contributed by atoms with van der Waals surface area (Å²) in [5, 5.41) is 6.40. The highest BCUT2D eigenvalue weighted by Crippen LogP contribution is 2.15. The lowest BCUT2D eigenvalue weighted by atomic mass is 10.2. The summed E-state index contributed by atoms with van der Waals surface area (Å²) in [7, 11) is 0. The van der Waals surface area contributed by atoms with E-state index < -0.39 is 0 Å². The topological polar surface area (TPSA) is 29.3 Å². The fraction of sp³-hybridized carbons (Fsp3) is 0.111. The summed E-state index contributed by atoms with van der Waals surface area (Å²) in [5.41, 5.74) is 2.23. The molecule has 6 heteroatoms. The minimum absolute atomic E-state index is 0.481. The first-order chi connectivity index (χ1) is 11.7. The highest BCUT2D eigenvalue weighted by Gasteiger charge is 2.03. The fourth-order valence-corrected chi connectivity index (χ4v) is 3.36. The number of nitrogens with one attached hydrogen (secondary N) is 1. The van der Waals surface area contributed by atoms with Gasteiger partial charge in [0.2, 0.25) is 0 Å². The summed E-state index contributed by atoms with van der Waals surface area (Å²) in [6.07, 6.45) is 1.99. The van der Waals surface area contributed by atoms with E-state index in [4.69, 9.17) is 23.8 Å². The molecule has 0 aliphatic carbocycles. The van der Waals surface area contributed by atoms with Crippen molar-refractivity contribution in [2.45, 2.75) is 13.1 Å². The van der Waals surface area contributed by atoms with Crippen LogP contribution in [-0.4, -0.2) is 9.68 Å². The number of nitrogens with zero attached hydrogens (tertiary/aromatic N) is 2. The number of hydrogen-bond donors (Lipinski definition) is 1. The maximum absolute atomic E-state index is 6.24. The van der Waals surface area contributed by atoms with Crippen molar-refractivity contribution in [3.63, 3.8) is 0 Å². The quantitative estimate of drug-likeness (QED) is 0.693. The number of aromatic nitrogens is 1. The first-order valence-electron chi connectivity index (χ1n) is 7.46. The average Bonchev–Trinajstić information content (AvgIpc) is 3.03. The summed E-state index contributed by atoms with van der Waals surface area (Å²) in [5.74, 6) is 0. The van der Waals surface area contributed by atoms with Crippen LogP contribution in [0.3, 0.4) is 0 Å². The molecule has 0 aliphatic rings. The van der Waals surface area contributed by atoms with Gasteiger partial charge in [0.25, 0.3) is 0 Å². The summed E-state index contributed by atoms with van der Waals surface area (Å²) in [6.45, 7) is 1.34. The molecule has 0 spiro atoms. The van der Waals surface area contributed by atoms with Gasteiger partial charge in [0.1, 0.15) is 0 Å². The van der Waals surface area contributed by atoms with E-state index in [2.05, 4.69) is 22.4 Å². The Morgan fingerprint density at radius 2 is 1.88 bits per heavy atom. The molecular formula is C18H16ClN3S2. The molecule has 1 aromatic heterocycles. The van der Waals surface area contributed by atoms with E-state index in [-0.39, 0.29) is 0 Å². The zero-order valence-electron chi connectivity index (χ0n) is 12.9. The first kappa shape index (κ1) is 16.9. The van der Waals surface area contributed by atoms with Gasteiger partial charge in [0.05, 0.1) is 6.54 Å². The molecule has 0 saturated carbocycles. The summed E-state index contributed by atoms with van der Waals surface area (Å²) in [6, 6.07) is 17.9. The lowest BCUT2D eigenvalue weighted by Crippen LogP contribution is -2.24. The molecule has 2 aromatic carbocycles. The van der Waals surface area contributed by atoms with Gasteiger partial charge in [-0.3, -0.25) is 0 Å². The minimum atomic E-state index is 0.481. The van der Waals surface area contributed by atoms with Crippen molar-refractivity contribution in [2.75, 3.05) is 0 Å². The molecule has 122 valence electrons. The molecule has 3 nitrogen and oxygen atoms in total. The molecule has 0 atom stereocenters. The Hall–Kier alpha value is -1.95. The number of thiazole rings is 1. The van der Waals surface area contributed by atoms with Crippen LogP contribution in [0.5, 0.6) is 0 Å². The number of hydrogen-bond acceptors (Lipinski definition) is 2. The normalized spacial score (nSPS) is 11.5. The highest BCUT2D eigenvalue weighted by atomic mass is 35.5. The van der Waals surface area contributed by atoms with Crippen molar-refractivity contribution in [1.29, 1.82) is 0 Å². The largest absolute Gasteiger partial charge is 0.357 e. The molecular weight excluding hydrogens is 358 g/mol. The van der Waals surface area contributed by atoms with Crippen LogP contribution in [0.4, 0.5) is 0 Å². The van der Waals surface area contributed by atoms with E-state index in [0.29, 0.717) is 18.2 Å². The highest BCUT2D eigenvalue weighted by molar-refractivity contribution is 7.80. The van der Waals surface area contributed by atoms with Crippen LogP contribution in [-0.2, 0) is 13.1 Å². The Kier molecular flexibility index (Phi) is 5.80. The maximum Gasteiger partial charge on any atom is 0.195 e. The zero-order valence-corrected chi connectivity index (χ0v) is 15.2. The van der Waals surface area contributed by atoms with Crippen LogP contribution in [0.2, 0.25) is 5.02 Å². The summed E-state index contributed by atoms with van der Waals surface area (Å²) < 4.78 is 2.04. The Morgan fingerprint density at radius 3 is 2.67 bits per heavy atom. The molecule has 0 amide bonds. The predicted molar refractivity (Wildman–Crippen MR) is 104 cm³/mol. The zero-order chi connectivity index (χ0) is 16.8. The standard InChI is InChI=1S/C18H16ClN3S2/c19-16-9-5-4-8-15(16)13-22-10-11-24-18(22)21-17(23)20-12-14-6-2-1-3-7-14/h1-11H,12-13H2,(H,20,23). The molecule has 0 fully saturated rings. The molecule has 0 unspecified atom stereocenters. The third kappa shape index (κ3) is 4.54. The van der Waals surface area contributed by atoms with Crippen molar-refractivity contribution in [2.24, 2.45) is 4.99 Å². The van der Waals surface area contributed by atoms with Crippen molar-refractivity contribution >= 4 is 40.3 Å². The van der Waals surface area contributed by atoms with E-state index in [1.54, 1.807) is 11.3 Å². The van der Waals surface area contributed by atoms with E-state index >= 15 is 0 Å². The molecule has 3 rings (SSSR count). The lowest BCUT2D eigenvalue weighted by molar-refractivity contribution is 0.769. The first-order valence-corrected chi connectivity index (χ1v) is 9.13. The third-order valence-electron chi connectivity index (χ3n) is 3.44. The SMILES string of the molecule is S=C(N=c1sccn1Cc1ccccc1Cl)NCc1ccccc1. The van der Waals surface area contributed by atoms with Crippen LogP contribution >= 0.6 is 35.2 Å². The van der Waals surface area contributed by atoms with Crippen LogP contribution in [0.15, 0.2) is 71.2 Å². The Balaban J connectivity index is 1.71. The monoisotopic (exact) mass is 373 g/mol. The van der Waals surface area contributed by atoms with Gasteiger partial charge in [0, 0.05) is 23.1 Å². The van der Waals surface area contributed by atoms with Gasteiger partial charge in [-0.2, -0.15) is 4.99 Å². The number of thiocarbonyl (C=S) groups is 1. The van der Waals surface area contributed by atoms with Crippen LogP contribution in [0.25, 0.3) is 0 Å². The second-order valence-electron chi connectivity index (χ2n) is 5.16. The third-order valence-corrected chi connectivity index (χ3v) is 4.84. The van der Waals surface area contributed by atoms with Crippen LogP contribution in [0.1, 0.15) is 11.1 Å². The van der Waals surface area contributed by atoms with Gasteiger partial charge in [0.15, 0.2) is 9.91 Å². The van der Waals surface area contributed by atoms with Gasteiger partial charge >= 0.3 is 0 Å². The Morgan fingerprint density at radius 1 is 1.12 bits per heavy atom. The average molecular weight is 374 g/mol. The Labute approximate surface area is 155 Å². The van der Waals surface area contributed by atoms with Gasteiger partial charge < -0.3 is 9.88 Å². The number of benzene rings is 2. The van der Waals surface area contributed by atoms with Gasteiger partial charge in [-0.25, -0.2) is 0 Å². The van der Waals surface area contributed by atoms with Crippen LogP contribution in [0, 0.1) is 0 Å². The van der Waals surface area contributed by atoms with Crippen LogP contribution < -0.4 is 10.1 Å². The van der Waals surface area contributed by atoms with Crippen molar-refractivity contribution in [3.8, 4) is 0 Å². The molecule has 0 aliphatic heterocycles. The predicted octanol–water partition coefficient (Wildman–Crippen LogP) is 4.23. The van der Waals surface area contributed by atoms with E-state index in [9.17, 15) is 0 Å². The van der Waals surface area contributed by atoms with Gasteiger partial charge in [-0.15, -0.1) is 11.3 Å². The van der Waals surface area contributed by atoms with Crippen molar-refractivity contribution in [3.05, 3.63) is 87.1 Å². The number of halogens is 1. The second-order valence-corrected chi connectivity index (χ2v) is 6.83. The molecule has 1 N–H and O–H groups in total. The Bertz CT molecular complexity index is 884. The molecule has 24 heavy (non-hydrogen) atoms. The summed E-state index contributed by atoms with van der Waals surface area (Å²) in [4.78, 5) is 5.37. The molecule has 0 bridgehead atoms. The van der Waals surface area contributed by atoms with Gasteiger partial charge in [-0.1, -0.05) is 60.1 Å². The van der Waals surface area contributed by atoms with Crippen molar-refractivity contribution < 1.29 is 0 Å². The maximum atomic E-state index is 6.24. The second kappa shape index (κ2) is 8.24. The van der Waals surface area contributed by atoms with E-state index in [0.717, 1.165) is 15.4 Å². The van der Waals surface area contributed by atoms with E-state index in [1.807, 2.05) is 58.6 Å². The minimum Gasteiger partial charge on any atom is -0.357 e. The molecule has 0 saturated heterocycles. The number of rotatable bonds is 4. The molecule has 0 radical (unpaired) electrons. The van der Waals surface area contributed by atoms with Gasteiger partial charge in [-0.05, 0) is 29.4 Å². The fourth-order valence-electron chi connectivity index (χ4n) is 2.22. The smallest absolute Gasteiger partial charge is 0.195 e.